The van der Waals surface area contributed by atoms with E-state index in [1.54, 1.807) is 13.8 Å². The first-order valence-electron chi connectivity index (χ1n) is 4.95. The predicted molar refractivity (Wildman–Crippen MR) is 60.9 cm³/mol. The molecular weight excluding hydrogens is 222 g/mol. The average molecular weight is 233 g/mol. The largest absolute Gasteiger partial charge is 0.319 e. The molecule has 2 heterocycles. The van der Waals surface area contributed by atoms with Gasteiger partial charge in [0.25, 0.3) is 11.5 Å². The van der Waals surface area contributed by atoms with E-state index in [0.717, 1.165) is 0 Å². The summed E-state index contributed by atoms with van der Waals surface area (Å²) in [5.74, 6) is -0.476. The van der Waals surface area contributed by atoms with Crippen LogP contribution in [0.25, 0.3) is 0 Å². The summed E-state index contributed by atoms with van der Waals surface area (Å²) >= 11 is 0. The first-order chi connectivity index (χ1) is 8.09. The molecule has 7 nitrogen and oxygen atoms in total. The lowest BCUT2D eigenvalue weighted by molar-refractivity contribution is 0.102. The van der Waals surface area contributed by atoms with E-state index < -0.39 is 11.5 Å². The van der Waals surface area contributed by atoms with Crippen molar-refractivity contribution in [2.24, 2.45) is 0 Å². The van der Waals surface area contributed by atoms with E-state index in [2.05, 4.69) is 25.7 Å². The number of aryl methyl sites for hydroxylation is 1. The van der Waals surface area contributed by atoms with Crippen molar-refractivity contribution in [2.45, 2.75) is 13.8 Å². The number of carbonyl (C=O) groups excluding carboxylic acids is 1. The van der Waals surface area contributed by atoms with Gasteiger partial charge in [-0.25, -0.2) is 5.10 Å². The second-order valence-corrected chi connectivity index (χ2v) is 3.58. The summed E-state index contributed by atoms with van der Waals surface area (Å²) in [6, 6.07) is 0. The van der Waals surface area contributed by atoms with Crippen LogP contribution in [0.15, 0.2) is 17.2 Å². The molecule has 0 aliphatic carbocycles. The van der Waals surface area contributed by atoms with E-state index in [1.807, 2.05) is 0 Å². The molecule has 0 aromatic carbocycles. The van der Waals surface area contributed by atoms with E-state index in [9.17, 15) is 9.59 Å². The van der Waals surface area contributed by atoms with Gasteiger partial charge in [-0.05, 0) is 19.4 Å². The van der Waals surface area contributed by atoms with Crippen LogP contribution in [0.1, 0.15) is 21.6 Å². The van der Waals surface area contributed by atoms with Crippen molar-refractivity contribution in [1.29, 1.82) is 0 Å². The van der Waals surface area contributed by atoms with Crippen molar-refractivity contribution < 1.29 is 4.79 Å². The number of nitrogens with one attached hydrogen (secondary N) is 3. The molecule has 7 heteroatoms. The number of aromatic nitrogens is 4. The van der Waals surface area contributed by atoms with E-state index in [1.165, 1.54) is 12.4 Å². The van der Waals surface area contributed by atoms with Gasteiger partial charge < -0.3 is 5.32 Å². The smallest absolute Gasteiger partial charge is 0.277 e. The van der Waals surface area contributed by atoms with Crippen molar-refractivity contribution in [3.05, 3.63) is 39.6 Å². The fourth-order valence-corrected chi connectivity index (χ4v) is 1.41. The molecule has 0 bridgehead atoms. The molecule has 2 aromatic heterocycles. The summed E-state index contributed by atoms with van der Waals surface area (Å²) in [7, 11) is 0. The van der Waals surface area contributed by atoms with Gasteiger partial charge in [-0.3, -0.25) is 14.7 Å². The van der Waals surface area contributed by atoms with Gasteiger partial charge in [-0.2, -0.15) is 10.2 Å². The van der Waals surface area contributed by atoms with Crippen LogP contribution in [-0.2, 0) is 0 Å². The Morgan fingerprint density at radius 2 is 2.18 bits per heavy atom. The van der Waals surface area contributed by atoms with E-state index >= 15 is 0 Å². The lowest BCUT2D eigenvalue weighted by Crippen LogP contribution is -2.26. The Hall–Kier alpha value is -2.44. The van der Waals surface area contributed by atoms with E-state index in [4.69, 9.17) is 0 Å². The monoisotopic (exact) mass is 233 g/mol. The third kappa shape index (κ3) is 2.07. The topological polar surface area (TPSA) is 104 Å². The van der Waals surface area contributed by atoms with Crippen LogP contribution in [0, 0.1) is 13.8 Å². The van der Waals surface area contributed by atoms with Crippen molar-refractivity contribution in [1.82, 2.24) is 20.4 Å². The molecule has 1 amide bonds. The fraction of sp³-hybridized carbons (Fsp3) is 0.200. The van der Waals surface area contributed by atoms with Crippen molar-refractivity contribution in [2.75, 3.05) is 5.32 Å². The van der Waals surface area contributed by atoms with Gasteiger partial charge in [0.05, 0.1) is 17.6 Å². The molecule has 3 N–H and O–H groups in total. The summed E-state index contributed by atoms with van der Waals surface area (Å²) in [6.45, 7) is 3.40. The molecule has 88 valence electrons. The van der Waals surface area contributed by atoms with Crippen molar-refractivity contribution >= 4 is 11.6 Å². The van der Waals surface area contributed by atoms with Crippen LogP contribution in [0.3, 0.4) is 0 Å². The average Bonchev–Trinajstić information content (AvgIpc) is 2.77. The quantitative estimate of drug-likeness (QED) is 0.696. The van der Waals surface area contributed by atoms with Gasteiger partial charge >= 0.3 is 0 Å². The van der Waals surface area contributed by atoms with Crippen LogP contribution >= 0.6 is 0 Å². The molecule has 0 aliphatic heterocycles. The highest BCUT2D eigenvalue weighted by Gasteiger charge is 2.16. The van der Waals surface area contributed by atoms with Crippen LogP contribution in [0.4, 0.5) is 5.69 Å². The first kappa shape index (κ1) is 11.1. The Labute approximate surface area is 96.3 Å². The Balaban J connectivity index is 2.38. The van der Waals surface area contributed by atoms with Crippen LogP contribution in [-0.4, -0.2) is 26.3 Å². The molecule has 17 heavy (non-hydrogen) atoms. The Morgan fingerprint density at radius 1 is 1.41 bits per heavy atom. The maximum Gasteiger partial charge on any atom is 0.277 e. The summed E-state index contributed by atoms with van der Waals surface area (Å²) in [5.41, 5.74) is 1.24. The Kier molecular flexibility index (Phi) is 2.73. The zero-order valence-electron chi connectivity index (χ0n) is 9.37. The lowest BCUT2D eigenvalue weighted by atomic mass is 10.1. The minimum absolute atomic E-state index is 0.0682. The molecule has 2 rings (SSSR count). The molecular formula is C10H11N5O2. The number of H-pyrrole nitrogens is 2. The minimum atomic E-state index is -0.505. The number of anilines is 1. The zero-order valence-corrected chi connectivity index (χ0v) is 9.37. The Bertz CT molecular complexity index is 600. The Morgan fingerprint density at radius 3 is 2.82 bits per heavy atom. The molecule has 2 aromatic rings. The number of carbonyl (C=O) groups is 1. The number of nitrogens with zero attached hydrogens (tertiary/aromatic N) is 2. The second-order valence-electron chi connectivity index (χ2n) is 3.58. The molecule has 0 unspecified atom stereocenters. The normalized spacial score (nSPS) is 10.2. The van der Waals surface area contributed by atoms with Crippen LogP contribution < -0.4 is 10.9 Å². The maximum atomic E-state index is 11.9. The van der Waals surface area contributed by atoms with Gasteiger partial charge in [0.2, 0.25) is 0 Å². The van der Waals surface area contributed by atoms with E-state index in [-0.39, 0.29) is 5.56 Å². The maximum absolute atomic E-state index is 11.9. The third-order valence-corrected chi connectivity index (χ3v) is 2.45. The minimum Gasteiger partial charge on any atom is -0.319 e. The molecule has 0 aliphatic rings. The fourth-order valence-electron chi connectivity index (χ4n) is 1.41. The highest BCUT2D eigenvalue weighted by molar-refractivity contribution is 6.04. The van der Waals surface area contributed by atoms with Gasteiger partial charge in [-0.1, -0.05) is 0 Å². The molecule has 0 saturated heterocycles. The zero-order chi connectivity index (χ0) is 12.4. The second kappa shape index (κ2) is 4.20. The number of hydrogen-bond donors (Lipinski definition) is 3. The van der Waals surface area contributed by atoms with Gasteiger partial charge in [-0.15, -0.1) is 0 Å². The highest BCUT2D eigenvalue weighted by Crippen LogP contribution is 2.08. The van der Waals surface area contributed by atoms with Crippen molar-refractivity contribution in [3.63, 3.8) is 0 Å². The number of rotatable bonds is 2. The molecule has 0 atom stereocenters. The molecule has 0 saturated carbocycles. The van der Waals surface area contributed by atoms with Crippen LogP contribution in [0.5, 0.6) is 0 Å². The lowest BCUT2D eigenvalue weighted by Gasteiger charge is -2.06. The number of aromatic amines is 2. The third-order valence-electron chi connectivity index (χ3n) is 2.45. The number of hydrogen-bond acceptors (Lipinski definition) is 4. The van der Waals surface area contributed by atoms with Crippen molar-refractivity contribution in [3.8, 4) is 0 Å². The van der Waals surface area contributed by atoms with Gasteiger partial charge in [0, 0.05) is 6.20 Å². The first-order valence-corrected chi connectivity index (χ1v) is 4.95. The van der Waals surface area contributed by atoms with Crippen LogP contribution in [0.2, 0.25) is 0 Å². The SMILES string of the molecule is Cc1n[nH]c(=O)c(C(=O)Nc2cn[nH]c2)c1C. The summed E-state index contributed by atoms with van der Waals surface area (Å²) < 4.78 is 0. The summed E-state index contributed by atoms with van der Waals surface area (Å²) in [4.78, 5) is 23.5. The van der Waals surface area contributed by atoms with E-state index in [0.29, 0.717) is 16.9 Å². The summed E-state index contributed by atoms with van der Waals surface area (Å²) in [6.07, 6.45) is 2.98. The number of amides is 1. The van der Waals surface area contributed by atoms with Gasteiger partial charge in [0.15, 0.2) is 0 Å². The summed E-state index contributed by atoms with van der Waals surface area (Å²) in [5, 5.41) is 14.9. The van der Waals surface area contributed by atoms with Gasteiger partial charge in [0.1, 0.15) is 5.56 Å². The predicted octanol–water partition coefficient (Wildman–Crippen LogP) is 0.362. The molecule has 0 fully saturated rings. The molecule has 0 spiro atoms. The highest BCUT2D eigenvalue weighted by atomic mass is 16.2. The standard InChI is InChI=1S/C10H11N5O2/c1-5-6(2)14-15-10(17)8(5)9(16)13-7-3-11-12-4-7/h3-4H,1-2H3,(H,11,12)(H,13,16)(H,15,17). The molecule has 0 radical (unpaired) electrons.